The molecule has 0 aliphatic heterocycles. The highest BCUT2D eigenvalue weighted by Crippen LogP contribution is 2.06. The smallest absolute Gasteiger partial charge is 0.262 e. The average Bonchev–Trinajstić information content (AvgIpc) is 3.06. The third kappa shape index (κ3) is 3.40. The van der Waals surface area contributed by atoms with Crippen molar-refractivity contribution in [2.75, 3.05) is 0 Å². The van der Waals surface area contributed by atoms with Crippen LogP contribution < -0.4 is 10.9 Å². The number of para-hydroxylation sites is 1. The Kier molecular flexibility index (Phi) is 4.38. The van der Waals surface area contributed by atoms with E-state index in [1.807, 2.05) is 6.07 Å². The first-order valence-electron chi connectivity index (χ1n) is 7.16. The van der Waals surface area contributed by atoms with Gasteiger partial charge < -0.3 is 14.7 Å². The number of nitrogens with zero attached hydrogens (tertiary/aromatic N) is 1. The van der Waals surface area contributed by atoms with Crippen molar-refractivity contribution in [1.82, 2.24) is 14.9 Å². The second-order valence-corrected chi connectivity index (χ2v) is 5.43. The molecule has 2 heterocycles. The van der Waals surface area contributed by atoms with Crippen molar-refractivity contribution >= 4 is 29.0 Å². The van der Waals surface area contributed by atoms with Crippen LogP contribution in [-0.4, -0.2) is 15.5 Å². The van der Waals surface area contributed by atoms with Crippen LogP contribution in [0.25, 0.3) is 10.9 Å². The lowest BCUT2D eigenvalue weighted by Gasteiger charge is -2.08. The molecule has 23 heavy (non-hydrogen) atoms. The zero-order valence-corrected chi connectivity index (χ0v) is 13.1. The molecule has 0 unspecified atom stereocenters. The molecule has 0 spiro atoms. The van der Waals surface area contributed by atoms with Crippen molar-refractivity contribution in [2.45, 2.75) is 19.5 Å². The fourth-order valence-corrected chi connectivity index (χ4v) is 2.59. The van der Waals surface area contributed by atoms with Crippen LogP contribution in [0.4, 0.5) is 0 Å². The Bertz CT molecular complexity index is 941. The summed E-state index contributed by atoms with van der Waals surface area (Å²) < 4.78 is 6.86. The first-order valence-corrected chi connectivity index (χ1v) is 7.57. The summed E-state index contributed by atoms with van der Waals surface area (Å²) in [5, 5.41) is 3.29. The molecule has 0 radical (unpaired) electrons. The third-order valence-corrected chi connectivity index (χ3v) is 3.81. The highest BCUT2D eigenvalue weighted by molar-refractivity contribution is 7.71. The first-order chi connectivity index (χ1) is 11.1. The number of aromatic nitrogens is 2. The number of carbonyl (C=O) groups excluding carboxylic acids is 1. The van der Waals surface area contributed by atoms with Crippen LogP contribution in [0.15, 0.2) is 51.9 Å². The Balaban J connectivity index is 1.70. The van der Waals surface area contributed by atoms with E-state index in [4.69, 9.17) is 16.6 Å². The van der Waals surface area contributed by atoms with Crippen molar-refractivity contribution in [1.29, 1.82) is 0 Å². The van der Waals surface area contributed by atoms with Crippen LogP contribution in [0.2, 0.25) is 0 Å². The molecule has 0 saturated carbocycles. The fraction of sp³-hybridized carbons (Fsp3) is 0.188. The lowest BCUT2D eigenvalue weighted by Crippen LogP contribution is -2.28. The van der Waals surface area contributed by atoms with Gasteiger partial charge in [0.1, 0.15) is 5.76 Å². The van der Waals surface area contributed by atoms with Crippen LogP contribution in [0.3, 0.4) is 0 Å². The molecule has 0 fully saturated rings. The number of nitrogens with one attached hydrogen (secondary N) is 2. The number of aromatic amines is 1. The van der Waals surface area contributed by atoms with Gasteiger partial charge in [0, 0.05) is 13.0 Å². The quantitative estimate of drug-likeness (QED) is 0.704. The highest BCUT2D eigenvalue weighted by Gasteiger charge is 2.08. The summed E-state index contributed by atoms with van der Waals surface area (Å²) in [6, 6.07) is 10.7. The number of fused-ring (bicyclic) bond motifs is 1. The number of amides is 1. The molecule has 0 aliphatic rings. The summed E-state index contributed by atoms with van der Waals surface area (Å²) in [6.07, 6.45) is 1.71. The van der Waals surface area contributed by atoms with E-state index in [0.717, 1.165) is 0 Å². The Morgan fingerprint density at radius 1 is 1.26 bits per heavy atom. The molecule has 1 aromatic carbocycles. The third-order valence-electron chi connectivity index (χ3n) is 3.49. The van der Waals surface area contributed by atoms with Gasteiger partial charge in [-0.05, 0) is 36.5 Å². The van der Waals surface area contributed by atoms with Gasteiger partial charge in [0.15, 0.2) is 4.77 Å². The molecule has 2 N–H and O–H groups in total. The lowest BCUT2D eigenvalue weighted by molar-refractivity contribution is -0.121. The summed E-state index contributed by atoms with van der Waals surface area (Å²) >= 11 is 5.21. The summed E-state index contributed by atoms with van der Waals surface area (Å²) in [6.45, 7) is 0.550. The SMILES string of the molecule is O=C(CCn1c(=S)[nH]c2ccccc2c1=O)NCc1ccco1. The molecule has 0 bridgehead atoms. The number of H-pyrrole nitrogens is 1. The van der Waals surface area contributed by atoms with Crippen LogP contribution >= 0.6 is 12.2 Å². The molecular weight excluding hydrogens is 314 g/mol. The predicted molar refractivity (Wildman–Crippen MR) is 88.6 cm³/mol. The number of hydrogen-bond donors (Lipinski definition) is 2. The van der Waals surface area contributed by atoms with Crippen molar-refractivity contribution < 1.29 is 9.21 Å². The topological polar surface area (TPSA) is 80.0 Å². The Morgan fingerprint density at radius 3 is 2.87 bits per heavy atom. The molecule has 0 aliphatic carbocycles. The second-order valence-electron chi connectivity index (χ2n) is 5.04. The Morgan fingerprint density at radius 2 is 2.09 bits per heavy atom. The molecule has 2 aromatic heterocycles. The summed E-state index contributed by atoms with van der Waals surface area (Å²) in [5.74, 6) is 0.509. The lowest BCUT2D eigenvalue weighted by atomic mass is 10.2. The van der Waals surface area contributed by atoms with Gasteiger partial charge in [-0.1, -0.05) is 12.1 Å². The monoisotopic (exact) mass is 329 g/mol. The Labute approximate surface area is 136 Å². The van der Waals surface area contributed by atoms with Gasteiger partial charge in [-0.25, -0.2) is 0 Å². The van der Waals surface area contributed by atoms with Gasteiger partial charge in [-0.2, -0.15) is 0 Å². The summed E-state index contributed by atoms with van der Waals surface area (Å²) in [7, 11) is 0. The van der Waals surface area contributed by atoms with Crippen LogP contribution in [0, 0.1) is 4.77 Å². The number of furan rings is 1. The molecule has 0 atom stereocenters. The van der Waals surface area contributed by atoms with Crippen molar-refractivity contribution in [3.05, 3.63) is 63.5 Å². The van der Waals surface area contributed by atoms with E-state index in [1.165, 1.54) is 4.57 Å². The standard InChI is InChI=1S/C16H15N3O3S/c20-14(17-10-11-4-3-9-22-11)7-8-19-15(21)12-5-1-2-6-13(12)18-16(19)23/h1-6,9H,7-8,10H2,(H,17,20)(H,18,23). The zero-order valence-electron chi connectivity index (χ0n) is 12.2. The van der Waals surface area contributed by atoms with Gasteiger partial charge >= 0.3 is 0 Å². The summed E-state index contributed by atoms with van der Waals surface area (Å²) in [5.41, 5.74) is 0.504. The van der Waals surface area contributed by atoms with E-state index in [9.17, 15) is 9.59 Å². The summed E-state index contributed by atoms with van der Waals surface area (Å²) in [4.78, 5) is 27.3. The number of carbonyl (C=O) groups is 1. The Hall–Kier alpha value is -2.67. The molecule has 3 rings (SSSR count). The van der Waals surface area contributed by atoms with E-state index in [2.05, 4.69) is 10.3 Å². The van der Waals surface area contributed by atoms with Gasteiger partial charge in [0.2, 0.25) is 5.91 Å². The molecular formula is C16H15N3O3S. The maximum Gasteiger partial charge on any atom is 0.262 e. The van der Waals surface area contributed by atoms with Gasteiger partial charge in [0.25, 0.3) is 5.56 Å². The largest absolute Gasteiger partial charge is 0.467 e. The average molecular weight is 329 g/mol. The minimum absolute atomic E-state index is 0.163. The van der Waals surface area contributed by atoms with E-state index >= 15 is 0 Å². The van der Waals surface area contributed by atoms with Gasteiger partial charge in [0.05, 0.1) is 23.7 Å². The first kappa shape index (κ1) is 15.2. The van der Waals surface area contributed by atoms with Crippen LogP contribution in [0.1, 0.15) is 12.2 Å². The fourth-order valence-electron chi connectivity index (χ4n) is 2.30. The van der Waals surface area contributed by atoms with E-state index in [1.54, 1.807) is 36.6 Å². The van der Waals surface area contributed by atoms with E-state index in [-0.39, 0.29) is 24.4 Å². The molecule has 0 saturated heterocycles. The second kappa shape index (κ2) is 6.62. The molecule has 7 heteroatoms. The maximum absolute atomic E-state index is 12.4. The molecule has 1 amide bonds. The molecule has 3 aromatic rings. The van der Waals surface area contributed by atoms with E-state index in [0.29, 0.717) is 28.0 Å². The normalized spacial score (nSPS) is 10.8. The predicted octanol–water partition coefficient (Wildman–Crippen LogP) is 2.36. The number of benzene rings is 1. The number of hydrogen-bond acceptors (Lipinski definition) is 4. The van der Waals surface area contributed by atoms with Gasteiger partial charge in [-0.15, -0.1) is 0 Å². The molecule has 118 valence electrons. The minimum Gasteiger partial charge on any atom is -0.467 e. The van der Waals surface area contributed by atoms with Crippen molar-refractivity contribution in [2.24, 2.45) is 0 Å². The van der Waals surface area contributed by atoms with E-state index < -0.39 is 0 Å². The molecule has 6 nitrogen and oxygen atoms in total. The van der Waals surface area contributed by atoms with Gasteiger partial charge in [-0.3, -0.25) is 14.2 Å². The van der Waals surface area contributed by atoms with Crippen LogP contribution in [-0.2, 0) is 17.9 Å². The van der Waals surface area contributed by atoms with Crippen LogP contribution in [0.5, 0.6) is 0 Å². The van der Waals surface area contributed by atoms with Crippen molar-refractivity contribution in [3.8, 4) is 0 Å². The van der Waals surface area contributed by atoms with Crippen molar-refractivity contribution in [3.63, 3.8) is 0 Å². The maximum atomic E-state index is 12.4. The number of rotatable bonds is 5. The highest BCUT2D eigenvalue weighted by atomic mass is 32.1. The minimum atomic E-state index is -0.191. The zero-order chi connectivity index (χ0) is 16.2.